The van der Waals surface area contributed by atoms with Crippen LogP contribution in [-0.4, -0.2) is 56.8 Å². The number of hydrogen-bond acceptors (Lipinski definition) is 7. The van der Waals surface area contributed by atoms with E-state index < -0.39 is 5.60 Å². The van der Waals surface area contributed by atoms with Crippen LogP contribution < -0.4 is 24.4 Å². The van der Waals surface area contributed by atoms with Gasteiger partial charge in [-0.15, -0.1) is 0 Å². The lowest BCUT2D eigenvalue weighted by Gasteiger charge is -2.39. The van der Waals surface area contributed by atoms with Crippen LogP contribution in [-0.2, 0) is 11.3 Å². The molecule has 7 nitrogen and oxygen atoms in total. The van der Waals surface area contributed by atoms with Crippen molar-refractivity contribution in [3.8, 4) is 17.2 Å². The van der Waals surface area contributed by atoms with Crippen LogP contribution in [0.3, 0.4) is 0 Å². The molecule has 0 aromatic heterocycles. The largest absolute Gasteiger partial charge is 0.497 e. The van der Waals surface area contributed by atoms with Crippen LogP contribution in [0.1, 0.15) is 43.7 Å². The van der Waals surface area contributed by atoms with Crippen LogP contribution in [0, 0.1) is 0 Å². The third-order valence-corrected chi connectivity index (χ3v) is 7.60. The van der Waals surface area contributed by atoms with E-state index in [9.17, 15) is 5.11 Å². The van der Waals surface area contributed by atoms with Gasteiger partial charge >= 0.3 is 0 Å². The topological polar surface area (TPSA) is 72.4 Å². The van der Waals surface area contributed by atoms with Gasteiger partial charge in [-0.1, -0.05) is 24.3 Å². The van der Waals surface area contributed by atoms with Gasteiger partial charge < -0.3 is 34.3 Å². The number of nitrogens with zero attached hydrogens (tertiary/aromatic N) is 1. The molecule has 2 aliphatic rings. The van der Waals surface area contributed by atoms with Gasteiger partial charge in [-0.25, -0.2) is 0 Å². The Kier molecular flexibility index (Phi) is 8.31. The van der Waals surface area contributed by atoms with Crippen LogP contribution in [0.15, 0.2) is 66.7 Å². The van der Waals surface area contributed by atoms with E-state index in [1.54, 1.807) is 14.2 Å². The molecule has 3 atom stereocenters. The Morgan fingerprint density at radius 1 is 1.00 bits per heavy atom. The van der Waals surface area contributed by atoms with Gasteiger partial charge in [0, 0.05) is 30.3 Å². The van der Waals surface area contributed by atoms with E-state index in [1.165, 1.54) is 5.56 Å². The van der Waals surface area contributed by atoms with Crippen molar-refractivity contribution in [3.63, 3.8) is 0 Å². The lowest BCUT2D eigenvalue weighted by atomic mass is 9.81. The van der Waals surface area contributed by atoms with Crippen molar-refractivity contribution < 1.29 is 24.1 Å². The van der Waals surface area contributed by atoms with Crippen molar-refractivity contribution in [2.45, 2.75) is 57.0 Å². The average Bonchev–Trinajstić information content (AvgIpc) is 2.95. The Labute approximate surface area is 231 Å². The van der Waals surface area contributed by atoms with Crippen LogP contribution in [0.5, 0.6) is 17.2 Å². The van der Waals surface area contributed by atoms with Crippen LogP contribution in [0.4, 0.5) is 11.4 Å². The predicted molar refractivity (Wildman–Crippen MR) is 154 cm³/mol. The summed E-state index contributed by atoms with van der Waals surface area (Å²) in [5, 5.41) is 14.1. The van der Waals surface area contributed by atoms with E-state index in [4.69, 9.17) is 18.9 Å². The molecule has 0 spiro atoms. The molecule has 1 fully saturated rings. The Hall–Kier alpha value is -3.26. The van der Waals surface area contributed by atoms with Crippen molar-refractivity contribution in [1.29, 1.82) is 0 Å². The molecule has 0 amide bonds. The van der Waals surface area contributed by atoms with Crippen molar-refractivity contribution >= 4 is 11.4 Å². The van der Waals surface area contributed by atoms with Crippen LogP contribution in [0.2, 0.25) is 0 Å². The van der Waals surface area contributed by atoms with E-state index in [1.807, 2.05) is 44.2 Å². The van der Waals surface area contributed by atoms with E-state index >= 15 is 0 Å². The number of fused-ring (bicyclic) bond motifs is 1. The lowest BCUT2D eigenvalue weighted by Crippen LogP contribution is -2.49. The number of methoxy groups -OCH3 is 2. The van der Waals surface area contributed by atoms with Gasteiger partial charge in [0.25, 0.3) is 0 Å². The summed E-state index contributed by atoms with van der Waals surface area (Å²) < 4.78 is 23.4. The van der Waals surface area contributed by atoms with Crippen molar-refractivity contribution in [2.24, 2.45) is 0 Å². The smallest absolute Gasteiger partial charge is 0.143 e. The molecular formula is C32H40N2O5. The van der Waals surface area contributed by atoms with Crippen LogP contribution >= 0.6 is 0 Å². The highest BCUT2D eigenvalue weighted by Crippen LogP contribution is 2.39. The number of anilines is 2. The number of aliphatic hydroxyl groups is 1. The normalized spacial score (nSPS) is 21.2. The summed E-state index contributed by atoms with van der Waals surface area (Å²) in [6.07, 6.45) is 1.58. The standard InChI is InChI=1S/C32H40N2O5/c1-32(2,35)19-24-17-28(23-9-11-26(36-3)12-10-23)31(20-33-24)39-21-22-8-13-30-29(16-22)34(14-15-38-30)25-6-5-7-27(18-25)37-4/h5-13,16,18,24,28,31,33,35H,14-15,17,19-21H2,1-4H3/t24-,28+,31-/m0/s1. The van der Waals surface area contributed by atoms with E-state index in [0.29, 0.717) is 19.6 Å². The molecule has 3 aromatic rings. The first-order valence-electron chi connectivity index (χ1n) is 13.7. The van der Waals surface area contributed by atoms with Gasteiger partial charge in [-0.05, 0) is 74.2 Å². The summed E-state index contributed by atoms with van der Waals surface area (Å²) in [5.74, 6) is 2.75. The van der Waals surface area contributed by atoms with Gasteiger partial charge in [0.05, 0.1) is 44.8 Å². The minimum absolute atomic E-state index is 0.00165. The first-order valence-corrected chi connectivity index (χ1v) is 13.7. The van der Waals surface area contributed by atoms with Crippen molar-refractivity contribution in [3.05, 3.63) is 77.9 Å². The third kappa shape index (κ3) is 6.67. The molecule has 2 N–H and O–H groups in total. The zero-order chi connectivity index (χ0) is 27.4. The lowest BCUT2D eigenvalue weighted by molar-refractivity contribution is -0.00898. The molecule has 7 heteroatoms. The second-order valence-electron chi connectivity index (χ2n) is 11.1. The van der Waals surface area contributed by atoms with Gasteiger partial charge in [-0.2, -0.15) is 0 Å². The first kappa shape index (κ1) is 27.3. The molecule has 3 aromatic carbocycles. The molecule has 1 saturated heterocycles. The summed E-state index contributed by atoms with van der Waals surface area (Å²) >= 11 is 0. The molecule has 0 aliphatic carbocycles. The van der Waals surface area contributed by atoms with Gasteiger partial charge in [0.1, 0.15) is 23.9 Å². The van der Waals surface area contributed by atoms with Gasteiger partial charge in [0.15, 0.2) is 0 Å². The quantitative estimate of drug-likeness (QED) is 0.381. The fraction of sp³-hybridized carbons (Fsp3) is 0.438. The maximum atomic E-state index is 10.4. The van der Waals surface area contributed by atoms with E-state index in [0.717, 1.165) is 53.7 Å². The molecule has 0 saturated carbocycles. The van der Waals surface area contributed by atoms with Gasteiger partial charge in [0.2, 0.25) is 0 Å². The number of ether oxygens (including phenoxy) is 4. The number of rotatable bonds is 9. The molecule has 5 rings (SSSR count). The number of benzene rings is 3. The Bertz CT molecular complexity index is 1240. The maximum Gasteiger partial charge on any atom is 0.143 e. The maximum absolute atomic E-state index is 10.4. The summed E-state index contributed by atoms with van der Waals surface area (Å²) in [7, 11) is 3.37. The zero-order valence-electron chi connectivity index (χ0n) is 23.4. The molecule has 0 bridgehead atoms. The molecule has 0 radical (unpaired) electrons. The summed E-state index contributed by atoms with van der Waals surface area (Å²) in [6, 6.07) is 22.9. The predicted octanol–water partition coefficient (Wildman–Crippen LogP) is 5.43. The molecule has 2 aliphatic heterocycles. The monoisotopic (exact) mass is 532 g/mol. The summed E-state index contributed by atoms with van der Waals surface area (Å²) in [4.78, 5) is 2.27. The first-order chi connectivity index (χ1) is 18.8. The van der Waals surface area contributed by atoms with E-state index in [2.05, 4.69) is 46.6 Å². The Morgan fingerprint density at radius 2 is 1.79 bits per heavy atom. The molecule has 208 valence electrons. The number of nitrogens with one attached hydrogen (secondary N) is 1. The van der Waals surface area contributed by atoms with Crippen LogP contribution in [0.25, 0.3) is 0 Å². The second kappa shape index (κ2) is 11.9. The third-order valence-electron chi connectivity index (χ3n) is 7.60. The SMILES string of the molecule is COc1ccc([C@H]2C[C@@H](CC(C)(C)O)NC[C@@H]2OCc2ccc3c(c2)N(c2cccc(OC)c2)CCO3)cc1. The highest BCUT2D eigenvalue weighted by atomic mass is 16.5. The average molecular weight is 533 g/mol. The fourth-order valence-corrected chi connectivity index (χ4v) is 5.71. The molecule has 0 unspecified atom stereocenters. The summed E-state index contributed by atoms with van der Waals surface area (Å²) in [5.41, 5.74) is 3.71. The minimum Gasteiger partial charge on any atom is -0.497 e. The van der Waals surface area contributed by atoms with Crippen molar-refractivity contribution in [1.82, 2.24) is 5.32 Å². The zero-order valence-corrected chi connectivity index (χ0v) is 23.4. The van der Waals surface area contributed by atoms with E-state index in [-0.39, 0.29) is 18.1 Å². The molecule has 39 heavy (non-hydrogen) atoms. The van der Waals surface area contributed by atoms with Crippen molar-refractivity contribution in [2.75, 3.05) is 38.8 Å². The molecular weight excluding hydrogens is 492 g/mol. The highest BCUT2D eigenvalue weighted by molar-refractivity contribution is 5.71. The van der Waals surface area contributed by atoms with Gasteiger partial charge in [-0.3, -0.25) is 0 Å². The molecule has 2 heterocycles. The Morgan fingerprint density at radius 3 is 2.54 bits per heavy atom. The minimum atomic E-state index is -0.727. The summed E-state index contributed by atoms with van der Waals surface area (Å²) in [6.45, 7) is 6.35. The highest BCUT2D eigenvalue weighted by Gasteiger charge is 2.34. The number of hydrogen-bond donors (Lipinski definition) is 2. The second-order valence-corrected chi connectivity index (χ2v) is 11.1. The number of piperidine rings is 1. The fourth-order valence-electron chi connectivity index (χ4n) is 5.71. The Balaban J connectivity index is 1.34.